The smallest absolute Gasteiger partial charge is 0.262 e. The first-order valence-corrected chi connectivity index (χ1v) is 5.61. The molecule has 0 radical (unpaired) electrons. The van der Waals surface area contributed by atoms with Crippen molar-refractivity contribution in [2.75, 3.05) is 11.9 Å². The molecular weight excluding hydrogens is 242 g/mol. The zero-order valence-electron chi connectivity index (χ0n) is 10.0. The van der Waals surface area contributed by atoms with Crippen LogP contribution in [-0.4, -0.2) is 17.5 Å². The summed E-state index contributed by atoms with van der Waals surface area (Å²) in [6.07, 6.45) is 3.19. The Hall–Kier alpha value is -2.87. The van der Waals surface area contributed by atoms with Crippen LogP contribution in [0.3, 0.4) is 0 Å². The lowest BCUT2D eigenvalue weighted by Crippen LogP contribution is -2.20. The van der Waals surface area contributed by atoms with E-state index in [2.05, 4.69) is 10.3 Å². The Morgan fingerprint density at radius 1 is 1.21 bits per heavy atom. The molecule has 0 aliphatic rings. The fraction of sp³-hybridized carbons (Fsp3) is 0.0714. The van der Waals surface area contributed by atoms with Crippen LogP contribution in [0.1, 0.15) is 5.56 Å². The highest BCUT2D eigenvalue weighted by atomic mass is 16.5. The number of nitriles is 1. The first-order valence-electron chi connectivity index (χ1n) is 5.61. The second kappa shape index (κ2) is 6.17. The van der Waals surface area contributed by atoms with E-state index in [4.69, 9.17) is 10.00 Å². The van der Waals surface area contributed by atoms with Gasteiger partial charge in [-0.25, -0.2) is 0 Å². The first kappa shape index (κ1) is 12.6. The van der Waals surface area contributed by atoms with Crippen LogP contribution in [0.5, 0.6) is 5.75 Å². The summed E-state index contributed by atoms with van der Waals surface area (Å²) in [6.45, 7) is -0.0891. The standard InChI is InChI=1S/C14H11N3O2/c15-9-11-1-3-13(4-2-11)19-10-14(18)17-12-5-7-16-8-6-12/h1-8H,10H2,(H,16,17,18). The monoisotopic (exact) mass is 253 g/mol. The minimum Gasteiger partial charge on any atom is -0.484 e. The van der Waals surface area contributed by atoms with Gasteiger partial charge in [0.05, 0.1) is 11.6 Å². The summed E-state index contributed by atoms with van der Waals surface area (Å²) in [5.41, 5.74) is 1.22. The Balaban J connectivity index is 1.85. The minimum absolute atomic E-state index is 0.0891. The maximum Gasteiger partial charge on any atom is 0.262 e. The van der Waals surface area contributed by atoms with Crippen LogP contribution >= 0.6 is 0 Å². The van der Waals surface area contributed by atoms with E-state index >= 15 is 0 Å². The van der Waals surface area contributed by atoms with Crippen LogP contribution in [0.2, 0.25) is 0 Å². The van der Waals surface area contributed by atoms with Crippen LogP contribution < -0.4 is 10.1 Å². The van der Waals surface area contributed by atoms with E-state index in [1.165, 1.54) is 0 Å². The number of anilines is 1. The number of nitrogens with zero attached hydrogens (tertiary/aromatic N) is 2. The number of aromatic nitrogens is 1. The molecule has 1 heterocycles. The Labute approximate surface area is 110 Å². The maximum absolute atomic E-state index is 11.6. The summed E-state index contributed by atoms with van der Waals surface area (Å²) >= 11 is 0. The molecule has 94 valence electrons. The summed E-state index contributed by atoms with van der Waals surface area (Å²) < 4.78 is 5.30. The Bertz CT molecular complexity index is 588. The molecule has 1 aromatic carbocycles. The molecule has 0 aliphatic carbocycles. The van der Waals surface area contributed by atoms with Gasteiger partial charge in [0.25, 0.3) is 5.91 Å². The largest absolute Gasteiger partial charge is 0.484 e. The molecule has 5 heteroatoms. The van der Waals surface area contributed by atoms with Crippen molar-refractivity contribution in [3.8, 4) is 11.8 Å². The van der Waals surface area contributed by atoms with Gasteiger partial charge in [-0.05, 0) is 36.4 Å². The molecule has 1 aromatic heterocycles. The van der Waals surface area contributed by atoms with Gasteiger partial charge < -0.3 is 10.1 Å². The minimum atomic E-state index is -0.254. The number of hydrogen-bond donors (Lipinski definition) is 1. The van der Waals surface area contributed by atoms with Crippen LogP contribution in [0.4, 0.5) is 5.69 Å². The van der Waals surface area contributed by atoms with E-state index in [1.807, 2.05) is 6.07 Å². The molecule has 0 saturated carbocycles. The number of amides is 1. The predicted molar refractivity (Wildman–Crippen MR) is 69.5 cm³/mol. The second-order valence-electron chi connectivity index (χ2n) is 3.71. The molecule has 0 bridgehead atoms. The highest BCUT2D eigenvalue weighted by Gasteiger charge is 2.03. The number of carbonyl (C=O) groups excluding carboxylic acids is 1. The van der Waals surface area contributed by atoms with E-state index < -0.39 is 0 Å². The molecule has 2 rings (SSSR count). The number of carbonyl (C=O) groups is 1. The quantitative estimate of drug-likeness (QED) is 0.903. The summed E-state index contributed by atoms with van der Waals surface area (Å²) in [6, 6.07) is 12.0. The summed E-state index contributed by atoms with van der Waals surface area (Å²) in [5.74, 6) is 0.291. The van der Waals surface area contributed by atoms with Crippen LogP contribution in [0.25, 0.3) is 0 Å². The molecule has 19 heavy (non-hydrogen) atoms. The van der Waals surface area contributed by atoms with Gasteiger partial charge >= 0.3 is 0 Å². The number of benzene rings is 1. The van der Waals surface area contributed by atoms with Gasteiger partial charge in [0.15, 0.2) is 6.61 Å². The van der Waals surface area contributed by atoms with Crippen molar-refractivity contribution in [1.82, 2.24) is 4.98 Å². The Morgan fingerprint density at radius 2 is 1.89 bits per heavy atom. The first-order chi connectivity index (χ1) is 9.28. The molecule has 0 saturated heterocycles. The molecular formula is C14H11N3O2. The van der Waals surface area contributed by atoms with Gasteiger partial charge in [0.1, 0.15) is 5.75 Å². The number of pyridine rings is 1. The SMILES string of the molecule is N#Cc1ccc(OCC(=O)Nc2ccncc2)cc1. The average molecular weight is 253 g/mol. The van der Waals surface area contributed by atoms with E-state index in [-0.39, 0.29) is 12.5 Å². The van der Waals surface area contributed by atoms with Crippen LogP contribution in [0.15, 0.2) is 48.8 Å². The van der Waals surface area contributed by atoms with Gasteiger partial charge in [-0.3, -0.25) is 9.78 Å². The number of ether oxygens (including phenoxy) is 1. The molecule has 5 nitrogen and oxygen atoms in total. The van der Waals surface area contributed by atoms with E-state index in [0.717, 1.165) is 0 Å². The lowest BCUT2D eigenvalue weighted by molar-refractivity contribution is -0.118. The topological polar surface area (TPSA) is 75.0 Å². The molecule has 0 spiro atoms. The average Bonchev–Trinajstić information content (AvgIpc) is 2.47. The second-order valence-corrected chi connectivity index (χ2v) is 3.71. The summed E-state index contributed by atoms with van der Waals surface area (Å²) in [4.78, 5) is 15.5. The van der Waals surface area contributed by atoms with Gasteiger partial charge in [0.2, 0.25) is 0 Å². The third-order valence-electron chi connectivity index (χ3n) is 2.32. The zero-order valence-corrected chi connectivity index (χ0v) is 10.0. The van der Waals surface area contributed by atoms with Crippen molar-refractivity contribution in [2.45, 2.75) is 0 Å². The fourth-order valence-corrected chi connectivity index (χ4v) is 1.41. The highest BCUT2D eigenvalue weighted by Crippen LogP contribution is 2.11. The van der Waals surface area contributed by atoms with Gasteiger partial charge in [-0.15, -0.1) is 0 Å². The number of hydrogen-bond acceptors (Lipinski definition) is 4. The molecule has 0 atom stereocenters. The number of nitrogens with one attached hydrogen (secondary N) is 1. The van der Waals surface area contributed by atoms with Crippen molar-refractivity contribution in [2.24, 2.45) is 0 Å². The molecule has 0 aliphatic heterocycles. The predicted octanol–water partition coefficient (Wildman–Crippen LogP) is 1.97. The van der Waals surface area contributed by atoms with Crippen LogP contribution in [-0.2, 0) is 4.79 Å². The lowest BCUT2D eigenvalue weighted by atomic mass is 10.2. The lowest BCUT2D eigenvalue weighted by Gasteiger charge is -2.07. The van der Waals surface area contributed by atoms with Crippen molar-refractivity contribution >= 4 is 11.6 Å². The van der Waals surface area contributed by atoms with Gasteiger partial charge in [-0.1, -0.05) is 0 Å². The van der Waals surface area contributed by atoms with E-state index in [0.29, 0.717) is 17.0 Å². The van der Waals surface area contributed by atoms with Crippen molar-refractivity contribution < 1.29 is 9.53 Å². The highest BCUT2D eigenvalue weighted by molar-refractivity contribution is 5.91. The van der Waals surface area contributed by atoms with E-state index in [9.17, 15) is 4.79 Å². The van der Waals surface area contributed by atoms with Crippen molar-refractivity contribution in [1.29, 1.82) is 5.26 Å². The molecule has 1 N–H and O–H groups in total. The van der Waals surface area contributed by atoms with Gasteiger partial charge in [0, 0.05) is 18.1 Å². The molecule has 0 fully saturated rings. The molecule has 1 amide bonds. The fourth-order valence-electron chi connectivity index (χ4n) is 1.41. The molecule has 2 aromatic rings. The third-order valence-corrected chi connectivity index (χ3v) is 2.32. The number of rotatable bonds is 4. The normalized spacial score (nSPS) is 9.42. The summed E-state index contributed by atoms with van der Waals surface area (Å²) in [5, 5.41) is 11.3. The van der Waals surface area contributed by atoms with E-state index in [1.54, 1.807) is 48.8 Å². The maximum atomic E-state index is 11.6. The van der Waals surface area contributed by atoms with Crippen LogP contribution in [0, 0.1) is 11.3 Å². The van der Waals surface area contributed by atoms with Crippen molar-refractivity contribution in [3.05, 3.63) is 54.4 Å². The Morgan fingerprint density at radius 3 is 2.53 bits per heavy atom. The van der Waals surface area contributed by atoms with Crippen molar-refractivity contribution in [3.63, 3.8) is 0 Å². The molecule has 0 unspecified atom stereocenters. The zero-order chi connectivity index (χ0) is 13.5. The Kier molecular flexibility index (Phi) is 4.09. The summed E-state index contributed by atoms with van der Waals surface area (Å²) in [7, 11) is 0. The van der Waals surface area contributed by atoms with Gasteiger partial charge in [-0.2, -0.15) is 5.26 Å². The third kappa shape index (κ3) is 3.82.